The second kappa shape index (κ2) is 5.98. The third-order valence-electron chi connectivity index (χ3n) is 2.41. The van der Waals surface area contributed by atoms with Gasteiger partial charge in [0.05, 0.1) is 9.21 Å². The number of aromatic nitrogens is 1. The van der Waals surface area contributed by atoms with Crippen molar-refractivity contribution in [3.05, 3.63) is 49.8 Å². The predicted molar refractivity (Wildman–Crippen MR) is 74.6 cm³/mol. The van der Waals surface area contributed by atoms with E-state index in [-0.39, 0.29) is 11.5 Å². The van der Waals surface area contributed by atoms with E-state index in [9.17, 15) is 14.9 Å². The van der Waals surface area contributed by atoms with E-state index in [0.29, 0.717) is 9.21 Å². The summed E-state index contributed by atoms with van der Waals surface area (Å²) in [7, 11) is 0. The zero-order valence-electron chi connectivity index (χ0n) is 10.3. The second-order valence-corrected chi connectivity index (χ2v) is 5.53. The molecule has 0 aliphatic carbocycles. The molecule has 2 aromatic heterocycles. The van der Waals surface area contributed by atoms with Crippen LogP contribution in [0.3, 0.4) is 0 Å². The molecule has 1 atom stereocenters. The SMILES string of the molecule is CC(Oc1cccnc1[N+](=O)[O-])C(=O)c1ccc(Cl)s1. The van der Waals surface area contributed by atoms with E-state index in [4.69, 9.17) is 16.3 Å². The number of ether oxygens (including phenoxy) is 1. The maximum absolute atomic E-state index is 12.1. The van der Waals surface area contributed by atoms with Gasteiger partial charge in [0.25, 0.3) is 0 Å². The van der Waals surface area contributed by atoms with Gasteiger partial charge in [-0.3, -0.25) is 4.79 Å². The number of halogens is 1. The van der Waals surface area contributed by atoms with E-state index in [1.54, 1.807) is 12.1 Å². The van der Waals surface area contributed by atoms with Crippen molar-refractivity contribution in [1.82, 2.24) is 4.98 Å². The number of hydrogen-bond donors (Lipinski definition) is 0. The summed E-state index contributed by atoms with van der Waals surface area (Å²) in [5, 5.41) is 10.8. The summed E-state index contributed by atoms with van der Waals surface area (Å²) in [5.41, 5.74) is 0. The van der Waals surface area contributed by atoms with Crippen molar-refractivity contribution in [2.24, 2.45) is 0 Å². The molecule has 6 nitrogen and oxygen atoms in total. The first-order chi connectivity index (χ1) is 9.49. The lowest BCUT2D eigenvalue weighted by molar-refractivity contribution is -0.390. The lowest BCUT2D eigenvalue weighted by Gasteiger charge is -2.12. The van der Waals surface area contributed by atoms with Gasteiger partial charge < -0.3 is 14.9 Å². The molecule has 2 aromatic rings. The number of carbonyl (C=O) groups is 1. The van der Waals surface area contributed by atoms with Crippen LogP contribution in [-0.2, 0) is 0 Å². The van der Waals surface area contributed by atoms with E-state index in [1.165, 1.54) is 25.3 Å². The number of carbonyl (C=O) groups excluding carboxylic acids is 1. The maximum atomic E-state index is 12.1. The molecule has 0 spiro atoms. The van der Waals surface area contributed by atoms with Gasteiger partial charge in [0.2, 0.25) is 11.5 Å². The van der Waals surface area contributed by atoms with Gasteiger partial charge >= 0.3 is 5.82 Å². The monoisotopic (exact) mass is 312 g/mol. The molecule has 2 rings (SSSR count). The van der Waals surface area contributed by atoms with Crippen LogP contribution in [-0.4, -0.2) is 21.8 Å². The van der Waals surface area contributed by atoms with Gasteiger partial charge in [0, 0.05) is 0 Å². The number of thiophene rings is 1. The summed E-state index contributed by atoms with van der Waals surface area (Å²) in [6.07, 6.45) is 0.420. The summed E-state index contributed by atoms with van der Waals surface area (Å²) in [6, 6.07) is 6.10. The van der Waals surface area contributed by atoms with Gasteiger partial charge in [-0.2, -0.15) is 0 Å². The standard InChI is InChI=1S/C12H9ClN2O4S/c1-7(11(16)9-4-5-10(13)20-9)19-8-3-2-6-14-12(8)15(17)18/h2-7H,1H3. The average molecular weight is 313 g/mol. The van der Waals surface area contributed by atoms with E-state index < -0.39 is 16.8 Å². The Balaban J connectivity index is 2.18. The van der Waals surface area contributed by atoms with Crippen LogP contribution in [0, 0.1) is 10.1 Å². The highest BCUT2D eigenvalue weighted by atomic mass is 35.5. The van der Waals surface area contributed by atoms with Gasteiger partial charge in [0.1, 0.15) is 6.20 Å². The molecule has 0 bridgehead atoms. The molecule has 0 radical (unpaired) electrons. The van der Waals surface area contributed by atoms with Crippen molar-refractivity contribution in [2.75, 3.05) is 0 Å². The first-order valence-electron chi connectivity index (χ1n) is 5.54. The van der Waals surface area contributed by atoms with Gasteiger partial charge in [-0.25, -0.2) is 0 Å². The summed E-state index contributed by atoms with van der Waals surface area (Å²) in [6.45, 7) is 1.52. The minimum atomic E-state index is -0.868. The molecular weight excluding hydrogens is 304 g/mol. The molecule has 0 aliphatic rings. The normalized spacial score (nSPS) is 11.9. The topological polar surface area (TPSA) is 82.3 Å². The lowest BCUT2D eigenvalue weighted by Crippen LogP contribution is -2.23. The first-order valence-corrected chi connectivity index (χ1v) is 6.74. The van der Waals surface area contributed by atoms with E-state index in [2.05, 4.69) is 4.98 Å². The molecule has 20 heavy (non-hydrogen) atoms. The molecule has 0 aliphatic heterocycles. The van der Waals surface area contributed by atoms with Crippen LogP contribution >= 0.6 is 22.9 Å². The van der Waals surface area contributed by atoms with Crippen LogP contribution in [0.4, 0.5) is 5.82 Å². The lowest BCUT2D eigenvalue weighted by atomic mass is 10.2. The molecule has 2 heterocycles. The van der Waals surface area contributed by atoms with Crippen molar-refractivity contribution >= 4 is 34.5 Å². The van der Waals surface area contributed by atoms with E-state index >= 15 is 0 Å². The van der Waals surface area contributed by atoms with Crippen molar-refractivity contribution in [1.29, 1.82) is 0 Å². The molecule has 0 saturated carbocycles. The number of nitrogens with zero attached hydrogens (tertiary/aromatic N) is 2. The number of nitro groups is 1. The van der Waals surface area contributed by atoms with E-state index in [1.807, 2.05) is 0 Å². The highest BCUT2D eigenvalue weighted by Crippen LogP contribution is 2.27. The van der Waals surface area contributed by atoms with Crippen molar-refractivity contribution in [2.45, 2.75) is 13.0 Å². The molecule has 0 saturated heterocycles. The third-order valence-corrected chi connectivity index (χ3v) is 3.66. The Labute approximate surface area is 123 Å². The van der Waals surface area contributed by atoms with Crippen LogP contribution in [0.25, 0.3) is 0 Å². The Hall–Kier alpha value is -1.99. The van der Waals surface area contributed by atoms with Crippen LogP contribution in [0.15, 0.2) is 30.5 Å². The average Bonchev–Trinajstić information content (AvgIpc) is 2.84. The van der Waals surface area contributed by atoms with Crippen molar-refractivity contribution in [3.8, 4) is 5.75 Å². The quantitative estimate of drug-likeness (QED) is 0.480. The molecule has 0 fully saturated rings. The second-order valence-electron chi connectivity index (χ2n) is 3.81. The highest BCUT2D eigenvalue weighted by Gasteiger charge is 2.23. The molecule has 104 valence electrons. The Morgan fingerprint density at radius 1 is 1.50 bits per heavy atom. The number of hydrogen-bond acceptors (Lipinski definition) is 6. The number of pyridine rings is 1. The minimum absolute atomic E-state index is 0.0407. The van der Waals surface area contributed by atoms with Crippen LogP contribution in [0.2, 0.25) is 4.34 Å². The minimum Gasteiger partial charge on any atom is -0.474 e. The van der Waals surface area contributed by atoms with Gasteiger partial charge in [-0.05, 0) is 41.1 Å². The Bertz CT molecular complexity index is 658. The highest BCUT2D eigenvalue weighted by molar-refractivity contribution is 7.18. The fourth-order valence-electron chi connectivity index (χ4n) is 1.50. The Morgan fingerprint density at radius 3 is 2.85 bits per heavy atom. The van der Waals surface area contributed by atoms with Crippen LogP contribution < -0.4 is 4.74 Å². The van der Waals surface area contributed by atoms with Crippen LogP contribution in [0.1, 0.15) is 16.6 Å². The smallest absolute Gasteiger partial charge is 0.406 e. The van der Waals surface area contributed by atoms with Crippen molar-refractivity contribution < 1.29 is 14.5 Å². The van der Waals surface area contributed by atoms with Crippen molar-refractivity contribution in [3.63, 3.8) is 0 Å². The molecular formula is C12H9ClN2O4S. The Morgan fingerprint density at radius 2 is 2.25 bits per heavy atom. The van der Waals surface area contributed by atoms with Crippen LogP contribution in [0.5, 0.6) is 5.75 Å². The van der Waals surface area contributed by atoms with E-state index in [0.717, 1.165) is 11.3 Å². The zero-order valence-corrected chi connectivity index (χ0v) is 11.9. The molecule has 0 aromatic carbocycles. The van der Waals surface area contributed by atoms with Gasteiger partial charge in [-0.1, -0.05) is 11.6 Å². The number of rotatable bonds is 5. The largest absolute Gasteiger partial charge is 0.474 e. The summed E-state index contributed by atoms with van der Waals surface area (Å²) >= 11 is 6.89. The summed E-state index contributed by atoms with van der Waals surface area (Å²) in [5.74, 6) is -0.752. The zero-order chi connectivity index (χ0) is 14.7. The molecule has 1 unspecified atom stereocenters. The third kappa shape index (κ3) is 3.12. The number of Topliss-reactive ketones (excluding diaryl/α,β-unsaturated/α-hetero) is 1. The summed E-state index contributed by atoms with van der Waals surface area (Å²) in [4.78, 5) is 26.3. The molecule has 8 heteroatoms. The number of ketones is 1. The predicted octanol–water partition coefficient (Wildman–Crippen LogP) is 3.35. The fourth-order valence-corrected chi connectivity index (χ4v) is 2.56. The summed E-state index contributed by atoms with van der Waals surface area (Å²) < 4.78 is 5.84. The fraction of sp³-hybridized carbons (Fsp3) is 0.167. The maximum Gasteiger partial charge on any atom is 0.406 e. The first kappa shape index (κ1) is 14.4. The molecule has 0 amide bonds. The van der Waals surface area contributed by atoms with Gasteiger partial charge in [0.15, 0.2) is 6.10 Å². The Kier molecular flexibility index (Phi) is 4.31. The van der Waals surface area contributed by atoms with Gasteiger partial charge in [-0.15, -0.1) is 11.3 Å². The molecule has 0 N–H and O–H groups in total.